The summed E-state index contributed by atoms with van der Waals surface area (Å²) in [5.74, 6) is 0.168. The molecule has 0 radical (unpaired) electrons. The quantitative estimate of drug-likeness (QED) is 0.755. The highest BCUT2D eigenvalue weighted by atomic mass is 35.5. The molecule has 4 aliphatic carbocycles. The number of carbonyl (C=O) groups excluding carboxylic acids is 2. The molecule has 0 aliphatic heterocycles. The molecule has 0 aromatic heterocycles. The van der Waals surface area contributed by atoms with Crippen LogP contribution in [0.2, 0.25) is 5.02 Å². The number of amides is 1. The zero-order valence-electron chi connectivity index (χ0n) is 15.5. The lowest BCUT2D eigenvalue weighted by molar-refractivity contribution is -0.200. The number of ether oxygens (including phenoxy) is 1. The number of rotatable bonds is 5. The highest BCUT2D eigenvalue weighted by Crippen LogP contribution is 2.62. The van der Waals surface area contributed by atoms with Gasteiger partial charge in [0.1, 0.15) is 0 Å². The van der Waals surface area contributed by atoms with Crippen molar-refractivity contribution < 1.29 is 19.4 Å². The van der Waals surface area contributed by atoms with Gasteiger partial charge in [0.15, 0.2) is 6.10 Å². The average Bonchev–Trinajstić information content (AvgIpc) is 2.58. The smallest absolute Gasteiger partial charge is 0.312 e. The van der Waals surface area contributed by atoms with E-state index in [1.54, 1.807) is 19.1 Å². The van der Waals surface area contributed by atoms with Crippen LogP contribution < -0.4 is 5.32 Å². The lowest BCUT2D eigenvalue weighted by Crippen LogP contribution is -2.59. The van der Waals surface area contributed by atoms with E-state index in [1.165, 1.54) is 0 Å². The highest BCUT2D eigenvalue weighted by Gasteiger charge is 2.61. The van der Waals surface area contributed by atoms with Gasteiger partial charge in [0.2, 0.25) is 0 Å². The monoisotopic (exact) mass is 391 g/mol. The summed E-state index contributed by atoms with van der Waals surface area (Å²) in [4.78, 5) is 25.3. The fourth-order valence-corrected chi connectivity index (χ4v) is 5.85. The van der Waals surface area contributed by atoms with Crippen molar-refractivity contribution in [2.45, 2.75) is 63.7 Å². The van der Waals surface area contributed by atoms with Crippen LogP contribution in [0.25, 0.3) is 0 Å². The third-order valence-corrected chi connectivity index (χ3v) is 6.75. The number of esters is 1. The van der Waals surface area contributed by atoms with Crippen LogP contribution in [-0.2, 0) is 20.9 Å². The van der Waals surface area contributed by atoms with Gasteiger partial charge in [0.05, 0.1) is 11.0 Å². The number of benzene rings is 1. The van der Waals surface area contributed by atoms with E-state index in [0.717, 1.165) is 37.7 Å². The number of hydrogen-bond acceptors (Lipinski definition) is 4. The summed E-state index contributed by atoms with van der Waals surface area (Å²) in [7, 11) is 0. The summed E-state index contributed by atoms with van der Waals surface area (Å²) in [5.41, 5.74) is -0.401. The first-order valence-electron chi connectivity index (χ1n) is 9.73. The molecule has 3 atom stereocenters. The van der Waals surface area contributed by atoms with Crippen LogP contribution in [0.15, 0.2) is 24.3 Å². The normalized spacial score (nSPS) is 34.9. The molecule has 2 N–H and O–H groups in total. The van der Waals surface area contributed by atoms with Crippen molar-refractivity contribution in [3.8, 4) is 0 Å². The second-order valence-corrected chi connectivity index (χ2v) is 9.29. The minimum atomic E-state index is -0.854. The third kappa shape index (κ3) is 3.72. The lowest BCUT2D eigenvalue weighted by atomic mass is 9.48. The fraction of sp³-hybridized carbons (Fsp3) is 0.619. The van der Waals surface area contributed by atoms with Crippen LogP contribution in [0.3, 0.4) is 0 Å². The summed E-state index contributed by atoms with van der Waals surface area (Å²) < 4.78 is 5.57. The second kappa shape index (κ2) is 6.78. The maximum Gasteiger partial charge on any atom is 0.312 e. The second-order valence-electron chi connectivity index (χ2n) is 8.86. The Labute approximate surface area is 164 Å². The first kappa shape index (κ1) is 18.8. The number of carbonyl (C=O) groups is 2. The van der Waals surface area contributed by atoms with Crippen molar-refractivity contribution in [3.05, 3.63) is 34.9 Å². The first-order valence-corrected chi connectivity index (χ1v) is 10.1. The van der Waals surface area contributed by atoms with Crippen molar-refractivity contribution in [2.24, 2.45) is 17.3 Å². The van der Waals surface area contributed by atoms with Crippen LogP contribution in [0, 0.1) is 17.3 Å². The molecule has 27 heavy (non-hydrogen) atoms. The van der Waals surface area contributed by atoms with Crippen molar-refractivity contribution in [1.82, 2.24) is 5.32 Å². The molecule has 1 aromatic rings. The standard InChI is InChI=1S/C21H26ClNO4/c1-13(18(24)23-11-14-2-4-17(22)5-3-14)27-19(25)20-7-15-6-16(8-20)10-21(26,9-15)12-20/h2-5,13,15-16,26H,6-12H2,1H3,(H,23,24)/t13-,15-,16-,20?,21?/m1/s1. The summed E-state index contributed by atoms with van der Waals surface area (Å²) in [6.45, 7) is 1.96. The van der Waals surface area contributed by atoms with E-state index in [0.29, 0.717) is 29.8 Å². The Hall–Kier alpha value is -1.59. The number of halogens is 1. The molecule has 5 rings (SSSR count). The fourth-order valence-electron chi connectivity index (χ4n) is 5.73. The maximum atomic E-state index is 12.9. The molecule has 4 saturated carbocycles. The molecular weight excluding hydrogens is 366 g/mol. The Morgan fingerprint density at radius 1 is 1.22 bits per heavy atom. The molecule has 0 saturated heterocycles. The summed E-state index contributed by atoms with van der Waals surface area (Å²) in [5, 5.41) is 14.2. The largest absolute Gasteiger partial charge is 0.452 e. The molecule has 4 aliphatic rings. The van der Waals surface area contributed by atoms with Gasteiger partial charge >= 0.3 is 5.97 Å². The predicted molar refractivity (Wildman–Crippen MR) is 101 cm³/mol. The molecule has 146 valence electrons. The van der Waals surface area contributed by atoms with Crippen molar-refractivity contribution in [1.29, 1.82) is 0 Å². The number of aliphatic hydroxyl groups is 1. The molecule has 0 heterocycles. The van der Waals surface area contributed by atoms with E-state index in [4.69, 9.17) is 16.3 Å². The summed E-state index contributed by atoms with van der Waals surface area (Å²) >= 11 is 5.86. The Balaban J connectivity index is 1.35. The van der Waals surface area contributed by atoms with Gasteiger partial charge in [-0.15, -0.1) is 0 Å². The molecule has 0 unspecified atom stereocenters. The minimum absolute atomic E-state index is 0.316. The van der Waals surface area contributed by atoms with E-state index in [1.807, 2.05) is 12.1 Å². The number of hydrogen-bond donors (Lipinski definition) is 2. The zero-order valence-corrected chi connectivity index (χ0v) is 16.3. The van der Waals surface area contributed by atoms with Gasteiger partial charge < -0.3 is 15.2 Å². The van der Waals surface area contributed by atoms with Crippen LogP contribution >= 0.6 is 11.6 Å². The van der Waals surface area contributed by atoms with E-state index >= 15 is 0 Å². The van der Waals surface area contributed by atoms with Crippen molar-refractivity contribution in [2.75, 3.05) is 0 Å². The van der Waals surface area contributed by atoms with Crippen LogP contribution in [0.1, 0.15) is 51.0 Å². The molecule has 4 fully saturated rings. The Kier molecular flexibility index (Phi) is 4.71. The van der Waals surface area contributed by atoms with Gasteiger partial charge in [0, 0.05) is 11.6 Å². The Morgan fingerprint density at radius 2 is 1.85 bits per heavy atom. The van der Waals surface area contributed by atoms with Crippen LogP contribution in [-0.4, -0.2) is 28.7 Å². The molecule has 0 spiro atoms. The maximum absolute atomic E-state index is 12.9. The van der Waals surface area contributed by atoms with Gasteiger partial charge in [0.25, 0.3) is 5.91 Å². The minimum Gasteiger partial charge on any atom is -0.452 e. The van der Waals surface area contributed by atoms with Crippen LogP contribution in [0.5, 0.6) is 0 Å². The molecular formula is C21H26ClNO4. The molecule has 5 nitrogen and oxygen atoms in total. The van der Waals surface area contributed by atoms with Gasteiger partial charge in [-0.1, -0.05) is 23.7 Å². The Bertz CT molecular complexity index is 733. The lowest BCUT2D eigenvalue weighted by Gasteiger charge is -2.58. The van der Waals surface area contributed by atoms with Gasteiger partial charge in [-0.2, -0.15) is 0 Å². The highest BCUT2D eigenvalue weighted by molar-refractivity contribution is 6.30. The molecule has 6 heteroatoms. The van der Waals surface area contributed by atoms with E-state index < -0.39 is 17.1 Å². The topological polar surface area (TPSA) is 75.6 Å². The molecule has 1 aromatic carbocycles. The third-order valence-electron chi connectivity index (χ3n) is 6.50. The van der Waals surface area contributed by atoms with Gasteiger partial charge in [-0.3, -0.25) is 9.59 Å². The Morgan fingerprint density at radius 3 is 2.44 bits per heavy atom. The van der Waals surface area contributed by atoms with Gasteiger partial charge in [-0.05, 0) is 75.0 Å². The first-order chi connectivity index (χ1) is 12.8. The predicted octanol–water partition coefficient (Wildman–Crippen LogP) is 3.22. The number of nitrogens with one attached hydrogen (secondary N) is 1. The van der Waals surface area contributed by atoms with Gasteiger partial charge in [-0.25, -0.2) is 0 Å². The molecule has 4 bridgehead atoms. The zero-order chi connectivity index (χ0) is 19.2. The summed E-state index contributed by atoms with van der Waals surface area (Å²) in [6.07, 6.45) is 3.89. The van der Waals surface area contributed by atoms with Crippen molar-refractivity contribution in [3.63, 3.8) is 0 Å². The average molecular weight is 392 g/mol. The summed E-state index contributed by atoms with van der Waals surface area (Å²) in [6, 6.07) is 7.22. The molecule has 1 amide bonds. The van der Waals surface area contributed by atoms with E-state index in [2.05, 4.69) is 5.32 Å². The van der Waals surface area contributed by atoms with Crippen molar-refractivity contribution >= 4 is 23.5 Å². The SMILES string of the molecule is C[C@@H](OC(=O)C12C[C@H]3C[C@@H](CC(O)(C3)C1)C2)C(=O)NCc1ccc(Cl)cc1. The van der Waals surface area contributed by atoms with Crippen LogP contribution in [0.4, 0.5) is 0 Å². The van der Waals surface area contributed by atoms with E-state index in [-0.39, 0.29) is 11.9 Å². The van der Waals surface area contributed by atoms with E-state index in [9.17, 15) is 14.7 Å².